The van der Waals surface area contributed by atoms with Crippen LogP contribution in [0.3, 0.4) is 0 Å². The lowest BCUT2D eigenvalue weighted by Gasteiger charge is -2.30. The molecule has 0 spiro atoms. The average Bonchev–Trinajstić information content (AvgIpc) is 2.52. The van der Waals surface area contributed by atoms with Crippen molar-refractivity contribution < 1.29 is 9.84 Å². The molecule has 1 saturated heterocycles. The summed E-state index contributed by atoms with van der Waals surface area (Å²) in [7, 11) is 0. The molecule has 0 aliphatic carbocycles. The van der Waals surface area contributed by atoms with E-state index in [1.807, 2.05) is 0 Å². The zero-order valence-electron chi connectivity index (χ0n) is 8.34. The monoisotopic (exact) mass is 172 g/mol. The van der Waals surface area contributed by atoms with E-state index in [2.05, 4.69) is 20.8 Å². The molecule has 0 aromatic rings. The first-order chi connectivity index (χ1) is 5.60. The molecule has 1 aliphatic heterocycles. The molecular weight excluding hydrogens is 152 g/mol. The number of hydrogen-bond donors (Lipinski definition) is 1. The first kappa shape index (κ1) is 10.0. The van der Waals surface area contributed by atoms with Gasteiger partial charge in [0.2, 0.25) is 0 Å². The topological polar surface area (TPSA) is 29.5 Å². The predicted molar refractivity (Wildman–Crippen MR) is 49.1 cm³/mol. The second-order valence-electron chi connectivity index (χ2n) is 4.35. The van der Waals surface area contributed by atoms with Gasteiger partial charge in [0.1, 0.15) is 0 Å². The third-order valence-corrected chi connectivity index (χ3v) is 3.09. The molecule has 1 N–H and O–H groups in total. The minimum Gasteiger partial charge on any atom is -0.394 e. The standard InChI is InChI=1S/C10H20O2/c1-4-10(2,3)9-6-5-8(7-11)12-9/h8-9,11H,4-7H2,1-3H3. The predicted octanol–water partition coefficient (Wildman–Crippen LogP) is 1.96. The van der Waals surface area contributed by atoms with Crippen LogP contribution in [0.1, 0.15) is 40.0 Å². The summed E-state index contributed by atoms with van der Waals surface area (Å²) >= 11 is 0. The average molecular weight is 172 g/mol. The Kier molecular flexibility index (Phi) is 3.13. The van der Waals surface area contributed by atoms with E-state index in [0.717, 1.165) is 19.3 Å². The second-order valence-corrected chi connectivity index (χ2v) is 4.35. The molecule has 0 aromatic heterocycles. The Morgan fingerprint density at radius 1 is 1.42 bits per heavy atom. The Morgan fingerprint density at radius 3 is 2.50 bits per heavy atom. The number of rotatable bonds is 3. The molecule has 1 rings (SSSR count). The largest absolute Gasteiger partial charge is 0.394 e. The van der Waals surface area contributed by atoms with Crippen LogP contribution in [0.25, 0.3) is 0 Å². The third-order valence-electron chi connectivity index (χ3n) is 3.09. The van der Waals surface area contributed by atoms with Gasteiger partial charge in [0.25, 0.3) is 0 Å². The fraction of sp³-hybridized carbons (Fsp3) is 1.00. The molecule has 72 valence electrons. The Morgan fingerprint density at radius 2 is 2.08 bits per heavy atom. The van der Waals surface area contributed by atoms with Gasteiger partial charge in [0.15, 0.2) is 0 Å². The number of hydrogen-bond acceptors (Lipinski definition) is 2. The van der Waals surface area contributed by atoms with E-state index in [1.165, 1.54) is 0 Å². The Labute approximate surface area is 74.9 Å². The quantitative estimate of drug-likeness (QED) is 0.705. The molecule has 0 aromatic carbocycles. The summed E-state index contributed by atoms with van der Waals surface area (Å²) in [5, 5.41) is 8.90. The van der Waals surface area contributed by atoms with Gasteiger partial charge in [0.05, 0.1) is 18.8 Å². The van der Waals surface area contributed by atoms with E-state index >= 15 is 0 Å². The van der Waals surface area contributed by atoms with E-state index in [1.54, 1.807) is 0 Å². The van der Waals surface area contributed by atoms with E-state index in [0.29, 0.717) is 6.10 Å². The van der Waals surface area contributed by atoms with Crippen LogP contribution in [0, 0.1) is 5.41 Å². The van der Waals surface area contributed by atoms with Gasteiger partial charge in [-0.1, -0.05) is 20.8 Å². The van der Waals surface area contributed by atoms with E-state index in [-0.39, 0.29) is 18.1 Å². The summed E-state index contributed by atoms with van der Waals surface area (Å²) in [5.74, 6) is 0. The highest BCUT2D eigenvalue weighted by Crippen LogP contribution is 2.35. The maximum atomic E-state index is 8.90. The summed E-state index contributed by atoms with van der Waals surface area (Å²) in [6.07, 6.45) is 3.70. The van der Waals surface area contributed by atoms with Gasteiger partial charge in [-0.05, 0) is 24.7 Å². The highest BCUT2D eigenvalue weighted by molar-refractivity contribution is 4.84. The lowest BCUT2D eigenvalue weighted by Crippen LogP contribution is -2.29. The minimum absolute atomic E-state index is 0.0980. The van der Waals surface area contributed by atoms with Gasteiger partial charge >= 0.3 is 0 Å². The fourth-order valence-electron chi connectivity index (χ4n) is 1.64. The summed E-state index contributed by atoms with van der Waals surface area (Å²) in [5.41, 5.74) is 0.268. The molecule has 0 radical (unpaired) electrons. The van der Waals surface area contributed by atoms with E-state index in [4.69, 9.17) is 9.84 Å². The van der Waals surface area contributed by atoms with Crippen LogP contribution in [0.2, 0.25) is 0 Å². The smallest absolute Gasteiger partial charge is 0.0810 e. The van der Waals surface area contributed by atoms with Crippen molar-refractivity contribution in [2.24, 2.45) is 5.41 Å². The lowest BCUT2D eigenvalue weighted by molar-refractivity contribution is -0.0423. The van der Waals surface area contributed by atoms with Crippen molar-refractivity contribution in [3.8, 4) is 0 Å². The van der Waals surface area contributed by atoms with E-state index in [9.17, 15) is 0 Å². The summed E-state index contributed by atoms with van der Waals surface area (Å²) in [6.45, 7) is 6.83. The molecule has 1 heterocycles. The van der Waals surface area contributed by atoms with Gasteiger partial charge in [-0.25, -0.2) is 0 Å². The van der Waals surface area contributed by atoms with Gasteiger partial charge in [-0.3, -0.25) is 0 Å². The van der Waals surface area contributed by atoms with Crippen molar-refractivity contribution in [2.75, 3.05) is 6.61 Å². The first-order valence-corrected chi connectivity index (χ1v) is 4.86. The molecule has 2 heteroatoms. The van der Waals surface area contributed by atoms with Gasteiger partial charge in [-0.15, -0.1) is 0 Å². The molecule has 1 fully saturated rings. The molecule has 0 saturated carbocycles. The summed E-state index contributed by atoms with van der Waals surface area (Å²) < 4.78 is 5.72. The molecule has 0 amide bonds. The zero-order valence-corrected chi connectivity index (χ0v) is 8.34. The van der Waals surface area contributed by atoms with Crippen molar-refractivity contribution in [1.82, 2.24) is 0 Å². The van der Waals surface area contributed by atoms with Crippen molar-refractivity contribution >= 4 is 0 Å². The molecule has 1 aliphatic rings. The first-order valence-electron chi connectivity index (χ1n) is 4.86. The summed E-state index contributed by atoms with van der Waals surface area (Å²) in [4.78, 5) is 0. The highest BCUT2D eigenvalue weighted by atomic mass is 16.5. The van der Waals surface area contributed by atoms with Gasteiger partial charge in [0, 0.05) is 0 Å². The normalized spacial score (nSPS) is 31.0. The van der Waals surface area contributed by atoms with Crippen LogP contribution in [0.5, 0.6) is 0 Å². The lowest BCUT2D eigenvalue weighted by atomic mass is 9.82. The Hall–Kier alpha value is -0.0800. The van der Waals surface area contributed by atoms with Gasteiger partial charge in [-0.2, -0.15) is 0 Å². The number of aliphatic hydroxyl groups is 1. The Bertz CT molecular complexity index is 143. The molecule has 2 atom stereocenters. The van der Waals surface area contributed by atoms with Crippen molar-refractivity contribution in [3.63, 3.8) is 0 Å². The van der Waals surface area contributed by atoms with Crippen molar-refractivity contribution in [1.29, 1.82) is 0 Å². The van der Waals surface area contributed by atoms with Crippen molar-refractivity contribution in [2.45, 2.75) is 52.2 Å². The Balaban J connectivity index is 2.46. The highest BCUT2D eigenvalue weighted by Gasteiger charge is 2.35. The third kappa shape index (κ3) is 1.99. The molecule has 2 nitrogen and oxygen atoms in total. The molecule has 2 unspecified atom stereocenters. The van der Waals surface area contributed by atoms with Crippen LogP contribution in [0.15, 0.2) is 0 Å². The number of aliphatic hydroxyl groups excluding tert-OH is 1. The zero-order chi connectivity index (χ0) is 9.19. The maximum Gasteiger partial charge on any atom is 0.0810 e. The summed E-state index contributed by atoms with van der Waals surface area (Å²) in [6, 6.07) is 0. The molecule has 12 heavy (non-hydrogen) atoms. The fourth-order valence-corrected chi connectivity index (χ4v) is 1.64. The SMILES string of the molecule is CCC(C)(C)C1CCC(CO)O1. The number of ether oxygens (including phenoxy) is 1. The minimum atomic E-state index is 0.0980. The maximum absolute atomic E-state index is 8.90. The van der Waals surface area contributed by atoms with Crippen molar-refractivity contribution in [3.05, 3.63) is 0 Å². The molecule has 0 bridgehead atoms. The van der Waals surface area contributed by atoms with E-state index < -0.39 is 0 Å². The van der Waals surface area contributed by atoms with Crippen LogP contribution in [-0.2, 0) is 4.74 Å². The van der Waals surface area contributed by atoms with Gasteiger partial charge < -0.3 is 9.84 Å². The second kappa shape index (κ2) is 3.75. The van der Waals surface area contributed by atoms with Crippen LogP contribution in [0.4, 0.5) is 0 Å². The van der Waals surface area contributed by atoms with Crippen LogP contribution >= 0.6 is 0 Å². The van der Waals surface area contributed by atoms with Crippen LogP contribution in [-0.4, -0.2) is 23.9 Å². The van der Waals surface area contributed by atoms with Crippen LogP contribution < -0.4 is 0 Å². The molecular formula is C10H20O2.